The molecular formula is C13H18N2O2. The molecule has 1 aromatic carbocycles. The van der Waals surface area contributed by atoms with Crippen LogP contribution in [-0.2, 0) is 11.3 Å². The smallest absolute Gasteiger partial charge is 0.174 e. The number of nitrogens with zero attached hydrogens (tertiary/aromatic N) is 1. The molecule has 1 aromatic rings. The van der Waals surface area contributed by atoms with E-state index >= 15 is 0 Å². The highest BCUT2D eigenvalue weighted by Gasteiger charge is 2.03. The molecule has 1 rings (SSSR count). The number of benzene rings is 1. The van der Waals surface area contributed by atoms with E-state index in [1.54, 1.807) is 7.11 Å². The molecule has 0 bridgehead atoms. The normalized spacial score (nSPS) is 11.8. The third-order valence-corrected chi connectivity index (χ3v) is 2.41. The molecule has 0 radical (unpaired) electrons. The molecule has 0 fully saturated rings. The maximum atomic E-state index is 8.49. The van der Waals surface area contributed by atoms with Gasteiger partial charge in [-0.1, -0.05) is 18.2 Å². The molecule has 0 saturated carbocycles. The van der Waals surface area contributed by atoms with Crippen molar-refractivity contribution in [3.63, 3.8) is 0 Å². The Hall–Kier alpha value is -1.57. The van der Waals surface area contributed by atoms with Crippen LogP contribution in [0.25, 0.3) is 0 Å². The zero-order valence-electron chi connectivity index (χ0n) is 10.3. The Morgan fingerprint density at radius 1 is 1.41 bits per heavy atom. The highest BCUT2D eigenvalue weighted by molar-refractivity contribution is 5.33. The maximum absolute atomic E-state index is 8.49. The summed E-state index contributed by atoms with van der Waals surface area (Å²) in [6.07, 6.45) is 0.183. The number of nitriles is 1. The zero-order chi connectivity index (χ0) is 12.5. The number of ether oxygens (including phenoxy) is 2. The van der Waals surface area contributed by atoms with Crippen molar-refractivity contribution in [3.05, 3.63) is 29.8 Å². The second-order valence-corrected chi connectivity index (χ2v) is 3.73. The molecular weight excluding hydrogens is 216 g/mol. The molecule has 4 nitrogen and oxygen atoms in total. The SMILES string of the molecule is COC(C)CNCc1ccccc1OCC#N. The van der Waals surface area contributed by atoms with E-state index in [-0.39, 0.29) is 12.7 Å². The second kappa shape index (κ2) is 7.66. The van der Waals surface area contributed by atoms with Crippen LogP contribution in [0, 0.1) is 11.3 Å². The van der Waals surface area contributed by atoms with Crippen LogP contribution in [0.2, 0.25) is 0 Å². The second-order valence-electron chi connectivity index (χ2n) is 3.73. The number of rotatable bonds is 7. The minimum absolute atomic E-state index is 0.0749. The highest BCUT2D eigenvalue weighted by atomic mass is 16.5. The number of para-hydroxylation sites is 1. The lowest BCUT2D eigenvalue weighted by Crippen LogP contribution is -2.25. The van der Waals surface area contributed by atoms with E-state index in [0.717, 1.165) is 17.9 Å². The summed E-state index contributed by atoms with van der Waals surface area (Å²) in [6, 6.07) is 9.67. The predicted octanol–water partition coefficient (Wildman–Crippen LogP) is 1.71. The average Bonchev–Trinajstić information content (AvgIpc) is 2.37. The summed E-state index contributed by atoms with van der Waals surface area (Å²) < 4.78 is 10.5. The molecule has 1 atom stereocenters. The first kappa shape index (κ1) is 13.5. The van der Waals surface area contributed by atoms with Crippen LogP contribution in [0.3, 0.4) is 0 Å². The van der Waals surface area contributed by atoms with Crippen molar-refractivity contribution < 1.29 is 9.47 Å². The predicted molar refractivity (Wildman–Crippen MR) is 65.7 cm³/mol. The third-order valence-electron chi connectivity index (χ3n) is 2.41. The number of nitrogens with one attached hydrogen (secondary N) is 1. The van der Waals surface area contributed by atoms with E-state index in [1.165, 1.54) is 0 Å². The van der Waals surface area contributed by atoms with E-state index in [2.05, 4.69) is 5.32 Å². The van der Waals surface area contributed by atoms with Crippen LogP contribution < -0.4 is 10.1 Å². The molecule has 0 aromatic heterocycles. The fourth-order valence-corrected chi connectivity index (χ4v) is 1.39. The van der Waals surface area contributed by atoms with Gasteiger partial charge in [-0.25, -0.2) is 0 Å². The summed E-state index contributed by atoms with van der Waals surface area (Å²) in [6.45, 7) is 3.56. The first-order valence-corrected chi connectivity index (χ1v) is 5.59. The Morgan fingerprint density at radius 2 is 2.18 bits per heavy atom. The van der Waals surface area contributed by atoms with Crippen molar-refractivity contribution in [1.29, 1.82) is 5.26 Å². The van der Waals surface area contributed by atoms with Crippen LogP contribution in [0.5, 0.6) is 5.75 Å². The van der Waals surface area contributed by atoms with Crippen LogP contribution in [0.4, 0.5) is 0 Å². The van der Waals surface area contributed by atoms with Gasteiger partial charge in [-0.2, -0.15) is 5.26 Å². The van der Waals surface area contributed by atoms with Gasteiger partial charge in [-0.3, -0.25) is 0 Å². The van der Waals surface area contributed by atoms with Gasteiger partial charge >= 0.3 is 0 Å². The third kappa shape index (κ3) is 4.85. The minimum Gasteiger partial charge on any atom is -0.478 e. The molecule has 1 unspecified atom stereocenters. The van der Waals surface area contributed by atoms with E-state index < -0.39 is 0 Å². The molecule has 0 saturated heterocycles. The quantitative estimate of drug-likeness (QED) is 0.780. The van der Waals surface area contributed by atoms with Crippen molar-refractivity contribution in [2.75, 3.05) is 20.3 Å². The van der Waals surface area contributed by atoms with Gasteiger partial charge in [0.1, 0.15) is 11.8 Å². The summed E-state index contributed by atoms with van der Waals surface area (Å²) in [5.41, 5.74) is 1.05. The molecule has 0 aliphatic rings. The number of hydrogen-bond acceptors (Lipinski definition) is 4. The molecule has 4 heteroatoms. The van der Waals surface area contributed by atoms with Gasteiger partial charge in [0.15, 0.2) is 6.61 Å². The molecule has 92 valence electrons. The lowest BCUT2D eigenvalue weighted by Gasteiger charge is -2.13. The summed E-state index contributed by atoms with van der Waals surface area (Å²) in [5, 5.41) is 11.8. The van der Waals surface area contributed by atoms with E-state index in [0.29, 0.717) is 6.54 Å². The van der Waals surface area contributed by atoms with Gasteiger partial charge in [-0.05, 0) is 13.0 Å². The van der Waals surface area contributed by atoms with Gasteiger partial charge in [0.2, 0.25) is 0 Å². The summed E-state index contributed by atoms with van der Waals surface area (Å²) in [5.74, 6) is 0.756. The fraction of sp³-hybridized carbons (Fsp3) is 0.462. The largest absolute Gasteiger partial charge is 0.478 e. The van der Waals surface area contributed by atoms with Gasteiger partial charge in [-0.15, -0.1) is 0 Å². The Kier molecular flexibility index (Phi) is 6.08. The van der Waals surface area contributed by atoms with E-state index in [1.807, 2.05) is 37.3 Å². The summed E-state index contributed by atoms with van der Waals surface area (Å²) >= 11 is 0. The number of methoxy groups -OCH3 is 1. The topological polar surface area (TPSA) is 54.3 Å². The zero-order valence-corrected chi connectivity index (χ0v) is 10.3. The van der Waals surface area contributed by atoms with Crippen LogP contribution in [-0.4, -0.2) is 26.4 Å². The van der Waals surface area contributed by atoms with Crippen molar-refractivity contribution in [1.82, 2.24) is 5.32 Å². The monoisotopic (exact) mass is 234 g/mol. The van der Waals surface area contributed by atoms with Crippen molar-refractivity contribution in [2.24, 2.45) is 0 Å². The van der Waals surface area contributed by atoms with Crippen LogP contribution >= 0.6 is 0 Å². The first-order valence-electron chi connectivity index (χ1n) is 5.59. The molecule has 0 heterocycles. The van der Waals surface area contributed by atoms with E-state index in [9.17, 15) is 0 Å². The highest BCUT2D eigenvalue weighted by Crippen LogP contribution is 2.17. The van der Waals surface area contributed by atoms with Gasteiger partial charge in [0.05, 0.1) is 6.10 Å². The average molecular weight is 234 g/mol. The molecule has 0 aliphatic carbocycles. The van der Waals surface area contributed by atoms with Gasteiger partial charge in [0.25, 0.3) is 0 Å². The van der Waals surface area contributed by atoms with Crippen LogP contribution in [0.15, 0.2) is 24.3 Å². The molecule has 0 spiro atoms. The Morgan fingerprint density at radius 3 is 2.88 bits per heavy atom. The number of hydrogen-bond donors (Lipinski definition) is 1. The molecule has 17 heavy (non-hydrogen) atoms. The fourth-order valence-electron chi connectivity index (χ4n) is 1.39. The summed E-state index contributed by atoms with van der Waals surface area (Å²) in [4.78, 5) is 0. The van der Waals surface area contributed by atoms with Crippen molar-refractivity contribution in [2.45, 2.75) is 19.6 Å². The Bertz CT molecular complexity index is 374. The first-order chi connectivity index (χ1) is 8.27. The van der Waals surface area contributed by atoms with Crippen molar-refractivity contribution >= 4 is 0 Å². The Balaban J connectivity index is 2.49. The minimum atomic E-state index is 0.0749. The summed E-state index contributed by atoms with van der Waals surface area (Å²) in [7, 11) is 1.69. The van der Waals surface area contributed by atoms with Crippen LogP contribution in [0.1, 0.15) is 12.5 Å². The maximum Gasteiger partial charge on any atom is 0.174 e. The van der Waals surface area contributed by atoms with Crippen molar-refractivity contribution in [3.8, 4) is 11.8 Å². The van der Waals surface area contributed by atoms with Gasteiger partial charge < -0.3 is 14.8 Å². The standard InChI is InChI=1S/C13H18N2O2/c1-11(16-2)9-15-10-12-5-3-4-6-13(12)17-8-7-14/h3-6,11,15H,8-10H2,1-2H3. The molecule has 0 aliphatic heterocycles. The lowest BCUT2D eigenvalue weighted by atomic mass is 10.2. The Labute approximate surface area is 102 Å². The molecule has 1 N–H and O–H groups in total. The van der Waals surface area contributed by atoms with Gasteiger partial charge in [0, 0.05) is 25.8 Å². The molecule has 0 amide bonds. The lowest BCUT2D eigenvalue weighted by molar-refractivity contribution is 0.117. The van der Waals surface area contributed by atoms with E-state index in [4.69, 9.17) is 14.7 Å².